The first-order chi connectivity index (χ1) is 15.9. The Morgan fingerprint density at radius 1 is 1.00 bits per heavy atom. The van der Waals surface area contributed by atoms with Crippen molar-refractivity contribution in [3.8, 4) is 16.9 Å². The molecule has 9 nitrogen and oxygen atoms in total. The van der Waals surface area contributed by atoms with Crippen LogP contribution in [-0.2, 0) is 18.1 Å². The fourth-order valence-electron chi connectivity index (χ4n) is 3.47. The summed E-state index contributed by atoms with van der Waals surface area (Å²) in [6.07, 6.45) is 1.45. The zero-order chi connectivity index (χ0) is 23.4. The number of ether oxygens (including phenoxy) is 1. The van der Waals surface area contributed by atoms with E-state index in [1.54, 1.807) is 11.6 Å². The Hall–Kier alpha value is -4.40. The number of aliphatic carboxylic acids is 1. The molecule has 9 heteroatoms. The van der Waals surface area contributed by atoms with E-state index in [1.807, 2.05) is 61.5 Å². The van der Waals surface area contributed by atoms with Crippen LogP contribution >= 0.6 is 0 Å². The number of nitrogens with zero attached hydrogens (tertiary/aromatic N) is 4. The first-order valence-corrected chi connectivity index (χ1v) is 10.3. The van der Waals surface area contributed by atoms with Crippen LogP contribution in [0.1, 0.15) is 21.9 Å². The first kappa shape index (κ1) is 21.8. The highest BCUT2D eigenvalue weighted by atomic mass is 16.5. The lowest BCUT2D eigenvalue weighted by Crippen LogP contribution is -2.16. The number of para-hydroxylation sites is 1. The van der Waals surface area contributed by atoms with E-state index in [9.17, 15) is 9.59 Å². The van der Waals surface area contributed by atoms with E-state index in [1.165, 1.54) is 16.9 Å². The average molecular weight is 445 g/mol. The van der Waals surface area contributed by atoms with Gasteiger partial charge < -0.3 is 15.2 Å². The summed E-state index contributed by atoms with van der Waals surface area (Å²) in [4.78, 5) is 23.4. The maximum atomic E-state index is 12.6. The number of hydrogen-bond acceptors (Lipinski definition) is 5. The summed E-state index contributed by atoms with van der Waals surface area (Å²) in [6, 6.07) is 19.2. The lowest BCUT2D eigenvalue weighted by Gasteiger charge is -2.13. The summed E-state index contributed by atoms with van der Waals surface area (Å²) in [5, 5.41) is 20.2. The van der Waals surface area contributed by atoms with Crippen LogP contribution in [0.3, 0.4) is 0 Å². The molecule has 0 aliphatic heterocycles. The largest absolute Gasteiger partial charge is 0.480 e. The van der Waals surface area contributed by atoms with Gasteiger partial charge in [-0.05, 0) is 31.5 Å². The van der Waals surface area contributed by atoms with Gasteiger partial charge in [0.15, 0.2) is 12.4 Å². The van der Waals surface area contributed by atoms with Gasteiger partial charge in [-0.1, -0.05) is 48.5 Å². The van der Waals surface area contributed by atoms with Gasteiger partial charge in [-0.15, -0.1) is 0 Å². The molecule has 0 fully saturated rings. The molecule has 4 aromatic rings. The first-order valence-electron chi connectivity index (χ1n) is 10.3. The number of carboxylic acids is 1. The Kier molecular flexibility index (Phi) is 6.21. The number of carboxylic acid groups (broad SMARTS) is 1. The Bertz CT molecular complexity index is 1290. The molecule has 1 amide bonds. The maximum Gasteiger partial charge on any atom is 0.325 e. The van der Waals surface area contributed by atoms with Gasteiger partial charge in [-0.3, -0.25) is 14.3 Å². The number of amides is 1. The zero-order valence-electron chi connectivity index (χ0n) is 18.2. The van der Waals surface area contributed by atoms with E-state index in [0.29, 0.717) is 11.4 Å². The topological polar surface area (TPSA) is 111 Å². The Balaban J connectivity index is 1.48. The smallest absolute Gasteiger partial charge is 0.325 e. The Morgan fingerprint density at radius 3 is 2.48 bits per heavy atom. The van der Waals surface area contributed by atoms with E-state index in [-0.39, 0.29) is 19.0 Å². The van der Waals surface area contributed by atoms with Crippen LogP contribution in [0, 0.1) is 13.8 Å². The van der Waals surface area contributed by atoms with Crippen molar-refractivity contribution in [2.75, 3.05) is 5.32 Å². The molecule has 0 unspecified atom stereocenters. The minimum Gasteiger partial charge on any atom is -0.480 e. The van der Waals surface area contributed by atoms with E-state index in [2.05, 4.69) is 15.5 Å². The lowest BCUT2D eigenvalue weighted by molar-refractivity contribution is -0.137. The number of nitrogens with one attached hydrogen (secondary N) is 1. The van der Waals surface area contributed by atoms with Crippen molar-refractivity contribution in [2.45, 2.75) is 27.1 Å². The van der Waals surface area contributed by atoms with Crippen molar-refractivity contribution in [3.63, 3.8) is 0 Å². The molecule has 0 atom stereocenters. The SMILES string of the molecule is Cc1nn(COc2ccccc2-c2ccccc2)c(C)c1NC(=O)c1ccn(CC(=O)O)n1. The standard InChI is InChI=1S/C24H23N5O4/c1-16-23(25-24(32)20-12-13-28(27-20)14-22(30)31)17(2)29(26-16)15-33-21-11-7-6-10-19(21)18-8-4-3-5-9-18/h3-13H,14-15H2,1-2H3,(H,25,32)(H,30,31). The van der Waals surface area contributed by atoms with Gasteiger partial charge in [0.2, 0.25) is 0 Å². The molecule has 0 saturated heterocycles. The third-order valence-corrected chi connectivity index (χ3v) is 5.10. The molecule has 0 saturated carbocycles. The number of rotatable bonds is 8. The van der Waals surface area contributed by atoms with E-state index in [4.69, 9.17) is 9.84 Å². The number of hydrogen-bond donors (Lipinski definition) is 2. The summed E-state index contributed by atoms with van der Waals surface area (Å²) in [6.45, 7) is 3.48. The fourth-order valence-corrected chi connectivity index (χ4v) is 3.47. The molecule has 2 heterocycles. The number of aromatic nitrogens is 4. The van der Waals surface area contributed by atoms with Gasteiger partial charge in [-0.25, -0.2) is 4.68 Å². The van der Waals surface area contributed by atoms with Gasteiger partial charge in [0.1, 0.15) is 12.3 Å². The molecule has 2 aromatic heterocycles. The summed E-state index contributed by atoms with van der Waals surface area (Å²) in [5.41, 5.74) is 4.07. The summed E-state index contributed by atoms with van der Waals surface area (Å²) >= 11 is 0. The highest BCUT2D eigenvalue weighted by molar-refractivity contribution is 6.03. The quantitative estimate of drug-likeness (QED) is 0.427. The Labute approximate surface area is 190 Å². The normalized spacial score (nSPS) is 10.7. The highest BCUT2D eigenvalue weighted by Gasteiger charge is 2.18. The third kappa shape index (κ3) is 4.93. The zero-order valence-corrected chi connectivity index (χ0v) is 18.2. The minimum absolute atomic E-state index is 0.121. The number of aryl methyl sites for hydroxylation is 1. The minimum atomic E-state index is -1.04. The molecule has 0 bridgehead atoms. The molecule has 168 valence electrons. The highest BCUT2D eigenvalue weighted by Crippen LogP contribution is 2.30. The van der Waals surface area contributed by atoms with Crippen LogP contribution in [0.4, 0.5) is 5.69 Å². The van der Waals surface area contributed by atoms with Gasteiger partial charge >= 0.3 is 5.97 Å². The second-order valence-electron chi connectivity index (χ2n) is 7.43. The van der Waals surface area contributed by atoms with Gasteiger partial charge in [0.25, 0.3) is 5.91 Å². The van der Waals surface area contributed by atoms with Crippen LogP contribution in [0.25, 0.3) is 11.1 Å². The van der Waals surface area contributed by atoms with Crippen LogP contribution in [0.2, 0.25) is 0 Å². The molecule has 2 aromatic carbocycles. The van der Waals surface area contributed by atoms with E-state index >= 15 is 0 Å². The second kappa shape index (κ2) is 9.39. The maximum absolute atomic E-state index is 12.6. The van der Waals surface area contributed by atoms with Crippen molar-refractivity contribution < 1.29 is 19.4 Å². The number of anilines is 1. The van der Waals surface area contributed by atoms with Crippen LogP contribution in [0.15, 0.2) is 66.9 Å². The van der Waals surface area contributed by atoms with Gasteiger partial charge in [0, 0.05) is 11.8 Å². The molecule has 0 radical (unpaired) electrons. The molecule has 0 aliphatic rings. The predicted molar refractivity (Wildman–Crippen MR) is 122 cm³/mol. The van der Waals surface area contributed by atoms with Crippen molar-refractivity contribution in [3.05, 3.63) is 83.9 Å². The van der Waals surface area contributed by atoms with Gasteiger partial charge in [-0.2, -0.15) is 10.2 Å². The molecule has 2 N–H and O–H groups in total. The summed E-state index contributed by atoms with van der Waals surface area (Å²) in [5.74, 6) is -0.752. The lowest BCUT2D eigenvalue weighted by atomic mass is 10.1. The molecule has 4 rings (SSSR count). The number of carbonyl (C=O) groups is 2. The molecular weight excluding hydrogens is 422 g/mol. The average Bonchev–Trinajstić information content (AvgIpc) is 3.38. The summed E-state index contributed by atoms with van der Waals surface area (Å²) in [7, 11) is 0. The van der Waals surface area contributed by atoms with Crippen molar-refractivity contribution in [2.24, 2.45) is 0 Å². The third-order valence-electron chi connectivity index (χ3n) is 5.10. The van der Waals surface area contributed by atoms with E-state index in [0.717, 1.165) is 22.6 Å². The van der Waals surface area contributed by atoms with Crippen molar-refractivity contribution in [1.82, 2.24) is 19.6 Å². The van der Waals surface area contributed by atoms with Crippen LogP contribution in [0.5, 0.6) is 5.75 Å². The molecular formula is C24H23N5O4. The molecule has 0 spiro atoms. The van der Waals surface area contributed by atoms with Gasteiger partial charge in [0.05, 0.1) is 17.1 Å². The fraction of sp³-hybridized carbons (Fsp3) is 0.167. The van der Waals surface area contributed by atoms with Crippen LogP contribution < -0.4 is 10.1 Å². The van der Waals surface area contributed by atoms with Crippen molar-refractivity contribution in [1.29, 1.82) is 0 Å². The number of carbonyl (C=O) groups excluding carboxylic acids is 1. The van der Waals surface area contributed by atoms with E-state index < -0.39 is 11.9 Å². The Morgan fingerprint density at radius 2 is 1.73 bits per heavy atom. The van der Waals surface area contributed by atoms with Crippen LogP contribution in [-0.4, -0.2) is 36.5 Å². The summed E-state index contributed by atoms with van der Waals surface area (Å²) < 4.78 is 8.94. The predicted octanol–water partition coefficient (Wildman–Crippen LogP) is 3.74. The van der Waals surface area contributed by atoms with Crippen molar-refractivity contribution >= 4 is 17.6 Å². The molecule has 0 aliphatic carbocycles. The second-order valence-corrected chi connectivity index (χ2v) is 7.43. The number of benzene rings is 2. The molecule has 33 heavy (non-hydrogen) atoms. The monoisotopic (exact) mass is 445 g/mol.